The van der Waals surface area contributed by atoms with E-state index in [-0.39, 0.29) is 11.5 Å². The van der Waals surface area contributed by atoms with Crippen molar-refractivity contribution in [1.82, 2.24) is 4.72 Å². The van der Waals surface area contributed by atoms with Gasteiger partial charge in [0.2, 0.25) is 10.0 Å². The van der Waals surface area contributed by atoms with Crippen LogP contribution in [0.3, 0.4) is 0 Å². The Balaban J connectivity index is 2.47. The van der Waals surface area contributed by atoms with Crippen LogP contribution in [0.25, 0.3) is 0 Å². The van der Waals surface area contributed by atoms with Crippen molar-refractivity contribution in [3.8, 4) is 0 Å². The molecule has 1 aromatic carbocycles. The molecule has 0 saturated heterocycles. The lowest BCUT2D eigenvalue weighted by molar-refractivity contribution is 0.283. The van der Waals surface area contributed by atoms with Crippen molar-refractivity contribution in [2.75, 3.05) is 25.0 Å². The minimum Gasteiger partial charge on any atom is -0.396 e. The van der Waals surface area contributed by atoms with Crippen molar-refractivity contribution in [2.24, 2.45) is 0 Å². The van der Waals surface area contributed by atoms with Crippen molar-refractivity contribution in [1.29, 1.82) is 0 Å². The zero-order valence-corrected chi connectivity index (χ0v) is 12.7. The van der Waals surface area contributed by atoms with E-state index in [0.717, 1.165) is 37.9 Å². The van der Waals surface area contributed by atoms with Crippen LogP contribution in [0.2, 0.25) is 0 Å². The van der Waals surface area contributed by atoms with Crippen LogP contribution in [0.1, 0.15) is 32.6 Å². The summed E-state index contributed by atoms with van der Waals surface area (Å²) >= 11 is 0. The van der Waals surface area contributed by atoms with Crippen LogP contribution in [0.15, 0.2) is 29.2 Å². The Kier molecular flexibility index (Phi) is 7.58. The highest BCUT2D eigenvalue weighted by Crippen LogP contribution is 2.14. The Hall–Kier alpha value is -1.11. The van der Waals surface area contributed by atoms with Crippen molar-refractivity contribution in [3.63, 3.8) is 0 Å². The SMILES string of the molecule is CCCNS(=O)(=O)c1ccc(NCCCCCO)cc1. The predicted octanol–water partition coefficient (Wildman–Crippen LogP) is 1.95. The van der Waals surface area contributed by atoms with E-state index in [4.69, 9.17) is 5.11 Å². The third kappa shape index (κ3) is 5.90. The molecule has 0 unspecified atom stereocenters. The van der Waals surface area contributed by atoms with Gasteiger partial charge in [-0.1, -0.05) is 6.92 Å². The van der Waals surface area contributed by atoms with Gasteiger partial charge in [0.05, 0.1) is 4.90 Å². The normalized spacial score (nSPS) is 11.5. The Morgan fingerprint density at radius 3 is 2.35 bits per heavy atom. The lowest BCUT2D eigenvalue weighted by Gasteiger charge is -2.08. The summed E-state index contributed by atoms with van der Waals surface area (Å²) in [6, 6.07) is 6.75. The fourth-order valence-corrected chi connectivity index (χ4v) is 2.85. The zero-order valence-electron chi connectivity index (χ0n) is 11.9. The summed E-state index contributed by atoms with van der Waals surface area (Å²) in [6.07, 6.45) is 3.56. The molecule has 0 spiro atoms. The molecule has 0 radical (unpaired) electrons. The lowest BCUT2D eigenvalue weighted by atomic mass is 10.2. The number of benzene rings is 1. The second-order valence-electron chi connectivity index (χ2n) is 4.63. The fourth-order valence-electron chi connectivity index (χ4n) is 1.72. The molecule has 0 aliphatic rings. The van der Waals surface area contributed by atoms with E-state index < -0.39 is 10.0 Å². The number of nitrogens with one attached hydrogen (secondary N) is 2. The van der Waals surface area contributed by atoms with E-state index in [9.17, 15) is 8.42 Å². The molecule has 0 aromatic heterocycles. The summed E-state index contributed by atoms with van der Waals surface area (Å²) in [5, 5.41) is 11.9. The Bertz CT molecular complexity index is 472. The Morgan fingerprint density at radius 2 is 1.75 bits per heavy atom. The molecule has 6 heteroatoms. The molecule has 0 aliphatic carbocycles. The first kappa shape index (κ1) is 16.9. The van der Waals surface area contributed by atoms with Gasteiger partial charge in [0.25, 0.3) is 0 Å². The van der Waals surface area contributed by atoms with Crippen LogP contribution in [0.5, 0.6) is 0 Å². The summed E-state index contributed by atoms with van der Waals surface area (Å²) < 4.78 is 26.3. The minimum absolute atomic E-state index is 0.233. The second kappa shape index (κ2) is 8.94. The Labute approximate surface area is 121 Å². The number of hydrogen-bond donors (Lipinski definition) is 3. The van der Waals surface area contributed by atoms with E-state index in [1.807, 2.05) is 6.92 Å². The predicted molar refractivity (Wildman–Crippen MR) is 81.3 cm³/mol. The standard InChI is InChI=1S/C14H24N2O3S/c1-2-10-16-20(18,19)14-8-6-13(7-9-14)15-11-4-3-5-12-17/h6-9,15-17H,2-5,10-12H2,1H3. The van der Waals surface area contributed by atoms with Crippen LogP contribution in [0, 0.1) is 0 Å². The van der Waals surface area contributed by atoms with Gasteiger partial charge in [-0.3, -0.25) is 0 Å². The smallest absolute Gasteiger partial charge is 0.240 e. The fraction of sp³-hybridized carbons (Fsp3) is 0.571. The van der Waals surface area contributed by atoms with Crippen LogP contribution in [0.4, 0.5) is 5.69 Å². The zero-order chi connectivity index (χ0) is 14.8. The quantitative estimate of drug-likeness (QED) is 0.577. The molecule has 0 heterocycles. The maximum absolute atomic E-state index is 11.9. The van der Waals surface area contributed by atoms with Gasteiger partial charge in [0, 0.05) is 25.4 Å². The van der Waals surface area contributed by atoms with E-state index in [2.05, 4.69) is 10.0 Å². The second-order valence-corrected chi connectivity index (χ2v) is 6.40. The van der Waals surface area contributed by atoms with Crippen molar-refractivity contribution in [3.05, 3.63) is 24.3 Å². The number of rotatable bonds is 10. The van der Waals surface area contributed by atoms with Gasteiger partial charge < -0.3 is 10.4 Å². The topological polar surface area (TPSA) is 78.4 Å². The first-order valence-corrected chi connectivity index (χ1v) is 8.53. The number of unbranched alkanes of at least 4 members (excludes halogenated alkanes) is 2. The summed E-state index contributed by atoms with van der Waals surface area (Å²) in [5.41, 5.74) is 0.906. The van der Waals surface area contributed by atoms with E-state index in [1.165, 1.54) is 0 Å². The molecule has 1 rings (SSSR count). The average Bonchev–Trinajstić information content (AvgIpc) is 2.45. The molecule has 20 heavy (non-hydrogen) atoms. The molecule has 0 amide bonds. The summed E-state index contributed by atoms with van der Waals surface area (Å²) in [4.78, 5) is 0.289. The van der Waals surface area contributed by atoms with Crippen LogP contribution in [-0.4, -0.2) is 33.2 Å². The maximum Gasteiger partial charge on any atom is 0.240 e. The van der Waals surface area contributed by atoms with Gasteiger partial charge in [0.15, 0.2) is 0 Å². The van der Waals surface area contributed by atoms with Gasteiger partial charge in [0.1, 0.15) is 0 Å². The molecule has 0 fully saturated rings. The number of aliphatic hydroxyl groups excluding tert-OH is 1. The van der Waals surface area contributed by atoms with Crippen LogP contribution in [-0.2, 0) is 10.0 Å². The molecule has 114 valence electrons. The van der Waals surface area contributed by atoms with E-state index in [1.54, 1.807) is 24.3 Å². The van der Waals surface area contributed by atoms with Crippen molar-refractivity contribution in [2.45, 2.75) is 37.5 Å². The van der Waals surface area contributed by atoms with Gasteiger partial charge in [-0.15, -0.1) is 0 Å². The minimum atomic E-state index is -3.38. The van der Waals surface area contributed by atoms with E-state index in [0.29, 0.717) is 6.54 Å². The molecule has 0 bridgehead atoms. The van der Waals surface area contributed by atoms with E-state index >= 15 is 0 Å². The lowest BCUT2D eigenvalue weighted by Crippen LogP contribution is -2.24. The third-order valence-corrected chi connectivity index (χ3v) is 4.35. The molecule has 0 atom stereocenters. The molecular formula is C14H24N2O3S. The van der Waals surface area contributed by atoms with Crippen molar-refractivity contribution < 1.29 is 13.5 Å². The highest BCUT2D eigenvalue weighted by molar-refractivity contribution is 7.89. The van der Waals surface area contributed by atoms with Gasteiger partial charge >= 0.3 is 0 Å². The van der Waals surface area contributed by atoms with Gasteiger partial charge in [-0.2, -0.15) is 0 Å². The molecule has 1 aromatic rings. The van der Waals surface area contributed by atoms with Crippen molar-refractivity contribution >= 4 is 15.7 Å². The summed E-state index contributed by atoms with van der Waals surface area (Å²) in [7, 11) is -3.38. The van der Waals surface area contributed by atoms with Gasteiger partial charge in [-0.25, -0.2) is 13.1 Å². The van der Waals surface area contributed by atoms with Gasteiger partial charge in [-0.05, 0) is 49.9 Å². The molecular weight excluding hydrogens is 276 g/mol. The largest absolute Gasteiger partial charge is 0.396 e. The first-order valence-electron chi connectivity index (χ1n) is 7.04. The maximum atomic E-state index is 11.9. The highest BCUT2D eigenvalue weighted by Gasteiger charge is 2.12. The van der Waals surface area contributed by atoms with Crippen LogP contribution < -0.4 is 10.0 Å². The summed E-state index contributed by atoms with van der Waals surface area (Å²) in [5.74, 6) is 0. The van der Waals surface area contributed by atoms with Crippen LogP contribution >= 0.6 is 0 Å². The molecule has 0 aliphatic heterocycles. The number of hydrogen-bond acceptors (Lipinski definition) is 4. The first-order chi connectivity index (χ1) is 9.60. The summed E-state index contributed by atoms with van der Waals surface area (Å²) in [6.45, 7) is 3.43. The monoisotopic (exact) mass is 300 g/mol. The highest BCUT2D eigenvalue weighted by atomic mass is 32.2. The Morgan fingerprint density at radius 1 is 1.05 bits per heavy atom. The number of anilines is 1. The molecule has 3 N–H and O–H groups in total. The number of aliphatic hydroxyl groups is 1. The molecule has 0 saturated carbocycles. The third-order valence-electron chi connectivity index (χ3n) is 2.87. The average molecular weight is 300 g/mol. The molecule has 5 nitrogen and oxygen atoms in total. The number of sulfonamides is 1.